The Morgan fingerprint density at radius 2 is 1.67 bits per heavy atom. The summed E-state index contributed by atoms with van der Waals surface area (Å²) in [5.41, 5.74) is 8.42. The van der Waals surface area contributed by atoms with Crippen molar-refractivity contribution >= 4 is 17.4 Å². The van der Waals surface area contributed by atoms with Crippen LogP contribution in [0.4, 0.5) is 25.0 Å². The van der Waals surface area contributed by atoms with E-state index < -0.39 is 17.7 Å². The Bertz CT molecular complexity index is 998. The van der Waals surface area contributed by atoms with Gasteiger partial charge in [-0.25, -0.2) is 13.6 Å². The molecule has 3 N–H and O–H groups in total. The first-order valence-corrected chi connectivity index (χ1v) is 8.21. The summed E-state index contributed by atoms with van der Waals surface area (Å²) >= 11 is 0. The van der Waals surface area contributed by atoms with Gasteiger partial charge >= 0.3 is 6.03 Å². The second-order valence-corrected chi connectivity index (χ2v) is 6.16. The van der Waals surface area contributed by atoms with Gasteiger partial charge < -0.3 is 16.0 Å². The molecule has 0 aliphatic carbocycles. The number of aromatic nitrogens is 2. The molecule has 0 fully saturated rings. The molecule has 4 rings (SSSR count). The fraction of sp³-hybridized carbons (Fsp3) is 0.105. The Kier molecular flexibility index (Phi) is 4.15. The highest BCUT2D eigenvalue weighted by atomic mass is 19.1. The number of carbonyl (C=O) groups excluding carboxylic acids is 1. The maximum Gasteiger partial charge on any atom is 0.322 e. The number of rotatable bonds is 2. The Hall–Kier alpha value is -3.55. The summed E-state index contributed by atoms with van der Waals surface area (Å²) in [7, 11) is 0. The molecular formula is C19H15F2N5O. The van der Waals surface area contributed by atoms with Gasteiger partial charge in [-0.2, -0.15) is 0 Å². The zero-order chi connectivity index (χ0) is 19.0. The summed E-state index contributed by atoms with van der Waals surface area (Å²) in [6.07, 6.45) is 3.15. The average molecular weight is 367 g/mol. The smallest absolute Gasteiger partial charge is 0.322 e. The number of hydrogen-bond donors (Lipinski definition) is 2. The summed E-state index contributed by atoms with van der Waals surface area (Å²) in [4.78, 5) is 22.5. The van der Waals surface area contributed by atoms with Crippen LogP contribution in [0, 0.1) is 11.6 Å². The van der Waals surface area contributed by atoms with Crippen molar-refractivity contribution in [2.24, 2.45) is 0 Å². The normalized spacial score (nSPS) is 12.7. The molecule has 0 saturated heterocycles. The number of urea groups is 1. The number of fused-ring (bicyclic) bond motifs is 1. The lowest BCUT2D eigenvalue weighted by Gasteiger charge is -2.18. The number of nitrogen functional groups attached to an aromatic ring is 1. The molecule has 8 heteroatoms. The quantitative estimate of drug-likeness (QED) is 0.679. The van der Waals surface area contributed by atoms with Gasteiger partial charge in [0.1, 0.15) is 11.6 Å². The number of nitrogens with zero attached hydrogens (tertiary/aromatic N) is 3. The van der Waals surface area contributed by atoms with Crippen molar-refractivity contribution in [1.29, 1.82) is 0 Å². The number of hydrogen-bond acceptors (Lipinski definition) is 4. The van der Waals surface area contributed by atoms with E-state index in [1.165, 1.54) is 35.2 Å². The predicted molar refractivity (Wildman–Crippen MR) is 96.5 cm³/mol. The first kappa shape index (κ1) is 16.9. The number of nitrogens with two attached hydrogens (primary N) is 1. The third kappa shape index (κ3) is 3.29. The second-order valence-electron chi connectivity index (χ2n) is 6.16. The van der Waals surface area contributed by atoms with E-state index in [0.717, 1.165) is 17.5 Å². The number of benzene rings is 2. The summed E-state index contributed by atoms with van der Waals surface area (Å²) in [6, 6.07) is 7.59. The number of anilines is 2. The maximum absolute atomic E-state index is 14.3. The van der Waals surface area contributed by atoms with Crippen molar-refractivity contribution in [3.8, 4) is 11.1 Å². The molecule has 2 aromatic carbocycles. The van der Waals surface area contributed by atoms with Crippen molar-refractivity contribution < 1.29 is 13.6 Å². The minimum atomic E-state index is -0.556. The lowest BCUT2D eigenvalue weighted by molar-refractivity contribution is 0.212. The number of amides is 2. The summed E-state index contributed by atoms with van der Waals surface area (Å²) in [5.74, 6) is -0.974. The van der Waals surface area contributed by atoms with Crippen LogP contribution >= 0.6 is 0 Å². The number of nitrogens with one attached hydrogen (secondary N) is 1. The highest BCUT2D eigenvalue weighted by Gasteiger charge is 2.26. The Balaban J connectivity index is 1.58. The largest absolute Gasteiger partial charge is 0.397 e. The molecule has 0 radical (unpaired) electrons. The summed E-state index contributed by atoms with van der Waals surface area (Å²) < 4.78 is 27.4. The third-order valence-electron chi connectivity index (χ3n) is 4.37. The van der Waals surface area contributed by atoms with Gasteiger partial charge in [-0.1, -0.05) is 12.1 Å². The molecule has 6 nitrogen and oxygen atoms in total. The molecule has 0 bridgehead atoms. The first-order chi connectivity index (χ1) is 13.0. The fourth-order valence-corrected chi connectivity index (χ4v) is 2.96. The zero-order valence-electron chi connectivity index (χ0n) is 14.1. The van der Waals surface area contributed by atoms with Crippen molar-refractivity contribution in [3.63, 3.8) is 0 Å². The first-order valence-electron chi connectivity index (χ1n) is 8.21. The molecule has 3 aromatic rings. The van der Waals surface area contributed by atoms with Crippen molar-refractivity contribution in [3.05, 3.63) is 71.8 Å². The monoisotopic (exact) mass is 367 g/mol. The van der Waals surface area contributed by atoms with Gasteiger partial charge in [-0.05, 0) is 29.8 Å². The zero-order valence-corrected chi connectivity index (χ0v) is 14.1. The van der Waals surface area contributed by atoms with E-state index >= 15 is 0 Å². The van der Waals surface area contributed by atoms with Crippen molar-refractivity contribution in [2.45, 2.75) is 13.1 Å². The Morgan fingerprint density at radius 3 is 2.30 bits per heavy atom. The van der Waals surface area contributed by atoms with Gasteiger partial charge in [-0.3, -0.25) is 9.97 Å². The summed E-state index contributed by atoms with van der Waals surface area (Å²) in [5, 5.41) is 2.70. The van der Waals surface area contributed by atoms with Crippen LogP contribution in [0.3, 0.4) is 0 Å². The fourth-order valence-electron chi connectivity index (χ4n) is 2.96. The molecule has 1 aliphatic heterocycles. The minimum Gasteiger partial charge on any atom is -0.397 e. The van der Waals surface area contributed by atoms with Gasteiger partial charge in [0.25, 0.3) is 0 Å². The predicted octanol–water partition coefficient (Wildman–Crippen LogP) is 3.55. The lowest BCUT2D eigenvalue weighted by Crippen LogP contribution is -2.30. The molecular weight excluding hydrogens is 352 g/mol. The molecule has 2 heterocycles. The van der Waals surface area contributed by atoms with Crippen LogP contribution in [0.5, 0.6) is 0 Å². The van der Waals surface area contributed by atoms with E-state index in [0.29, 0.717) is 18.7 Å². The average Bonchev–Trinajstić information content (AvgIpc) is 3.09. The number of halogens is 2. The Labute approximate surface area is 153 Å². The molecule has 0 unspecified atom stereocenters. The number of carbonyl (C=O) groups is 1. The molecule has 136 valence electrons. The van der Waals surface area contributed by atoms with Crippen molar-refractivity contribution in [2.75, 3.05) is 11.1 Å². The molecule has 0 atom stereocenters. The van der Waals surface area contributed by atoms with Gasteiger partial charge in [0, 0.05) is 18.0 Å². The highest BCUT2D eigenvalue weighted by molar-refractivity contribution is 5.94. The van der Waals surface area contributed by atoms with E-state index in [-0.39, 0.29) is 16.9 Å². The topological polar surface area (TPSA) is 84.1 Å². The minimum absolute atomic E-state index is 0.0969. The van der Waals surface area contributed by atoms with Crippen LogP contribution in [0.25, 0.3) is 11.1 Å². The molecule has 1 aromatic heterocycles. The lowest BCUT2D eigenvalue weighted by atomic mass is 10.0. The van der Waals surface area contributed by atoms with Crippen LogP contribution in [-0.4, -0.2) is 20.9 Å². The van der Waals surface area contributed by atoms with Crippen LogP contribution in [0.2, 0.25) is 0 Å². The van der Waals surface area contributed by atoms with E-state index in [1.54, 1.807) is 12.4 Å². The molecule has 0 spiro atoms. The van der Waals surface area contributed by atoms with Gasteiger partial charge in [-0.15, -0.1) is 0 Å². The van der Waals surface area contributed by atoms with E-state index in [2.05, 4.69) is 15.3 Å². The second kappa shape index (κ2) is 6.64. The van der Waals surface area contributed by atoms with Crippen LogP contribution in [0.1, 0.15) is 11.4 Å². The van der Waals surface area contributed by atoms with Gasteiger partial charge in [0.15, 0.2) is 0 Å². The SMILES string of the molecule is Nc1cc(F)c(-c2ccc(F)cc2)cc1NC(=O)N1Cc2nccnc2C1. The van der Waals surface area contributed by atoms with Crippen LogP contribution in [0.15, 0.2) is 48.8 Å². The summed E-state index contributed by atoms with van der Waals surface area (Å²) in [6.45, 7) is 0.669. The Morgan fingerprint density at radius 1 is 1.04 bits per heavy atom. The van der Waals surface area contributed by atoms with E-state index in [1.807, 2.05) is 0 Å². The van der Waals surface area contributed by atoms with Crippen molar-refractivity contribution in [1.82, 2.24) is 14.9 Å². The molecule has 1 aliphatic rings. The van der Waals surface area contributed by atoms with Crippen LogP contribution < -0.4 is 11.1 Å². The standard InChI is InChI=1S/C19H15F2N5O/c20-12-3-1-11(2-4-12)13-7-16(15(22)8-14(13)21)25-19(27)26-9-17-18(10-26)24-6-5-23-17/h1-8H,9-10,22H2,(H,25,27). The highest BCUT2D eigenvalue weighted by Crippen LogP contribution is 2.31. The van der Waals surface area contributed by atoms with E-state index in [4.69, 9.17) is 5.73 Å². The molecule has 0 saturated carbocycles. The van der Waals surface area contributed by atoms with Gasteiger partial charge in [0.2, 0.25) is 0 Å². The maximum atomic E-state index is 14.3. The molecule has 2 amide bonds. The van der Waals surface area contributed by atoms with Crippen LogP contribution in [-0.2, 0) is 13.1 Å². The van der Waals surface area contributed by atoms with E-state index in [9.17, 15) is 13.6 Å². The van der Waals surface area contributed by atoms with Gasteiger partial charge in [0.05, 0.1) is 35.9 Å². The molecule has 27 heavy (non-hydrogen) atoms. The third-order valence-corrected chi connectivity index (χ3v) is 4.37.